The summed E-state index contributed by atoms with van der Waals surface area (Å²) in [4.78, 5) is 0. The van der Waals surface area contributed by atoms with Crippen molar-refractivity contribution in [2.45, 2.75) is 195 Å². The number of allylic oxidation sites excluding steroid dienone is 1. The maximum absolute atomic E-state index is 12.2. The summed E-state index contributed by atoms with van der Waals surface area (Å²) in [6.45, 7) is 7.51. The molecule has 27 atom stereocenters. The Morgan fingerprint density at radius 3 is 1.94 bits per heavy atom. The van der Waals surface area contributed by atoms with E-state index in [9.17, 15) is 56.2 Å². The lowest BCUT2D eigenvalue weighted by Gasteiger charge is -2.60. The van der Waals surface area contributed by atoms with Crippen LogP contribution in [0.3, 0.4) is 0 Å². The zero-order chi connectivity index (χ0) is 45.8. The molecular formula is C45H72O19. The predicted molar refractivity (Wildman–Crippen MR) is 217 cm³/mol. The SMILES string of the molecule is CC1CCC2(OC1)OC1CC3C4CC=C5CC(OC6OC(CO)C(OC7OC(CO)C(O)C(O)C7OC7OC(CO)C(O)C(O)C7O)C(O)C6O)CCC5(C)C4CC(O)C3(C)C1C2C. The summed E-state index contributed by atoms with van der Waals surface area (Å²) in [5.74, 6) is 1.30. The van der Waals surface area contributed by atoms with Gasteiger partial charge in [0.05, 0.1) is 44.7 Å². The highest BCUT2D eigenvalue weighted by Crippen LogP contribution is 2.70. The molecule has 5 heterocycles. The van der Waals surface area contributed by atoms with Crippen LogP contribution >= 0.6 is 0 Å². The van der Waals surface area contributed by atoms with Gasteiger partial charge in [0.25, 0.3) is 0 Å². The molecule has 11 N–H and O–H groups in total. The highest BCUT2D eigenvalue weighted by atomic mass is 16.8. The average molecular weight is 917 g/mol. The first-order valence-corrected chi connectivity index (χ1v) is 23.6. The van der Waals surface area contributed by atoms with Gasteiger partial charge < -0.3 is 94.1 Å². The maximum Gasteiger partial charge on any atom is 0.187 e. The fraction of sp³-hybridized carbons (Fsp3) is 0.956. The third-order valence-corrected chi connectivity index (χ3v) is 17.8. The largest absolute Gasteiger partial charge is 0.394 e. The van der Waals surface area contributed by atoms with Crippen molar-refractivity contribution in [3.05, 3.63) is 11.6 Å². The number of fused-ring (bicyclic) bond motifs is 7. The van der Waals surface area contributed by atoms with Gasteiger partial charge in [0, 0.05) is 23.7 Å². The summed E-state index contributed by atoms with van der Waals surface area (Å²) < 4.78 is 48.7. The summed E-state index contributed by atoms with van der Waals surface area (Å²) in [5.41, 5.74) is 0.763. The van der Waals surface area contributed by atoms with Crippen LogP contribution in [0.25, 0.3) is 0 Å². The van der Waals surface area contributed by atoms with E-state index in [-0.39, 0.29) is 34.7 Å². The molecule has 19 heteroatoms. The average Bonchev–Trinajstić information content (AvgIpc) is 3.73. The minimum atomic E-state index is -1.90. The Bertz CT molecular complexity index is 1660. The van der Waals surface area contributed by atoms with Crippen molar-refractivity contribution in [2.75, 3.05) is 26.4 Å². The molecule has 4 aliphatic carbocycles. The van der Waals surface area contributed by atoms with Gasteiger partial charge in [-0.2, -0.15) is 0 Å². The predicted octanol–water partition coefficient (Wildman–Crippen LogP) is -1.84. The van der Waals surface area contributed by atoms with Gasteiger partial charge in [-0.15, -0.1) is 0 Å². The molecule has 5 aliphatic heterocycles. The van der Waals surface area contributed by atoms with E-state index in [4.69, 9.17) is 37.9 Å². The molecule has 5 saturated heterocycles. The van der Waals surface area contributed by atoms with Gasteiger partial charge in [0.2, 0.25) is 0 Å². The molecule has 9 rings (SSSR count). The van der Waals surface area contributed by atoms with Gasteiger partial charge >= 0.3 is 0 Å². The van der Waals surface area contributed by atoms with Gasteiger partial charge in [-0.1, -0.05) is 39.3 Å². The summed E-state index contributed by atoms with van der Waals surface area (Å²) in [5, 5.41) is 118. The van der Waals surface area contributed by atoms with Gasteiger partial charge in [0.1, 0.15) is 73.2 Å². The molecule has 366 valence electrons. The molecule has 27 unspecified atom stereocenters. The zero-order valence-electron chi connectivity index (χ0n) is 37.1. The topological polar surface area (TPSA) is 296 Å². The van der Waals surface area contributed by atoms with E-state index in [2.05, 4.69) is 33.8 Å². The second-order valence-corrected chi connectivity index (χ2v) is 21.2. The number of aliphatic hydroxyl groups is 11. The van der Waals surface area contributed by atoms with E-state index in [1.165, 1.54) is 5.57 Å². The van der Waals surface area contributed by atoms with Gasteiger partial charge in [-0.05, 0) is 74.0 Å². The Morgan fingerprint density at radius 1 is 0.656 bits per heavy atom. The minimum absolute atomic E-state index is 0.0533. The van der Waals surface area contributed by atoms with Gasteiger partial charge in [0.15, 0.2) is 24.7 Å². The van der Waals surface area contributed by atoms with Crippen molar-refractivity contribution in [1.82, 2.24) is 0 Å². The summed E-state index contributed by atoms with van der Waals surface area (Å²) in [6.07, 6.45) is -17.1. The molecule has 0 aromatic rings. The molecule has 0 aromatic carbocycles. The van der Waals surface area contributed by atoms with Crippen LogP contribution in [0.1, 0.15) is 79.1 Å². The molecule has 0 bridgehead atoms. The van der Waals surface area contributed by atoms with E-state index < -0.39 is 130 Å². The third kappa shape index (κ3) is 7.68. The van der Waals surface area contributed by atoms with Crippen molar-refractivity contribution in [3.8, 4) is 0 Å². The lowest BCUT2D eigenvalue weighted by molar-refractivity contribution is -0.390. The Hall–Kier alpha value is -1.02. The van der Waals surface area contributed by atoms with Crippen LogP contribution in [0.2, 0.25) is 0 Å². The van der Waals surface area contributed by atoms with Crippen LogP contribution in [-0.4, -0.2) is 199 Å². The van der Waals surface area contributed by atoms with Crippen molar-refractivity contribution in [2.24, 2.45) is 46.3 Å². The monoisotopic (exact) mass is 916 g/mol. The van der Waals surface area contributed by atoms with E-state index >= 15 is 0 Å². The fourth-order valence-electron chi connectivity index (χ4n) is 14.0. The number of aliphatic hydroxyl groups excluding tert-OH is 11. The first-order valence-electron chi connectivity index (χ1n) is 23.6. The normalized spacial score (nSPS) is 57.4. The molecule has 64 heavy (non-hydrogen) atoms. The Balaban J connectivity index is 0.858. The van der Waals surface area contributed by atoms with Crippen LogP contribution in [0, 0.1) is 46.3 Å². The van der Waals surface area contributed by atoms with E-state index in [0.717, 1.165) is 32.1 Å². The van der Waals surface area contributed by atoms with Crippen LogP contribution in [0.5, 0.6) is 0 Å². The molecule has 9 aliphatic rings. The van der Waals surface area contributed by atoms with Crippen molar-refractivity contribution in [3.63, 3.8) is 0 Å². The number of ether oxygens (including phenoxy) is 8. The summed E-state index contributed by atoms with van der Waals surface area (Å²) >= 11 is 0. The van der Waals surface area contributed by atoms with Crippen molar-refractivity contribution < 1.29 is 94.1 Å². The molecule has 0 radical (unpaired) electrons. The zero-order valence-corrected chi connectivity index (χ0v) is 37.1. The minimum Gasteiger partial charge on any atom is -0.394 e. The van der Waals surface area contributed by atoms with Crippen molar-refractivity contribution >= 4 is 0 Å². The van der Waals surface area contributed by atoms with E-state index in [1.54, 1.807) is 0 Å². The molecular weight excluding hydrogens is 844 g/mol. The molecule has 0 aromatic heterocycles. The van der Waals surface area contributed by atoms with Gasteiger partial charge in [-0.3, -0.25) is 0 Å². The van der Waals surface area contributed by atoms with Crippen LogP contribution < -0.4 is 0 Å². The van der Waals surface area contributed by atoms with Crippen LogP contribution in [-0.2, 0) is 37.9 Å². The third-order valence-electron chi connectivity index (χ3n) is 17.8. The van der Waals surface area contributed by atoms with Crippen LogP contribution in [0.4, 0.5) is 0 Å². The smallest absolute Gasteiger partial charge is 0.187 e. The van der Waals surface area contributed by atoms with Crippen molar-refractivity contribution in [1.29, 1.82) is 0 Å². The Kier molecular flexibility index (Phi) is 13.5. The standard InChI is InChI=1S/C45H72O19/c1-18-7-10-45(57-17-18)19(2)30-25(64-45)12-24-22-6-5-20-11-21(8-9-43(20,3)23(22)13-29(49)44(24,30)4)58-40-37(56)35(54)38(28(16-48)61-40)62-42-39(34(53)32(51)27(15-47)60-42)63-41-36(55)33(52)31(50)26(14-46)59-41/h5,18-19,21-42,46-56H,6-17H2,1-4H3. The van der Waals surface area contributed by atoms with Gasteiger partial charge in [-0.25, -0.2) is 0 Å². The number of hydrogen-bond donors (Lipinski definition) is 11. The first kappa shape index (κ1) is 48.0. The Labute approximate surface area is 373 Å². The number of rotatable bonds is 9. The van der Waals surface area contributed by atoms with E-state index in [1.807, 2.05) is 0 Å². The molecule has 1 spiro atoms. The molecule has 19 nitrogen and oxygen atoms in total. The molecule has 8 fully saturated rings. The summed E-state index contributed by atoms with van der Waals surface area (Å²) in [7, 11) is 0. The molecule has 0 amide bonds. The summed E-state index contributed by atoms with van der Waals surface area (Å²) in [6, 6.07) is 0. The highest BCUT2D eigenvalue weighted by Gasteiger charge is 2.71. The lowest BCUT2D eigenvalue weighted by atomic mass is 9.46. The number of hydrogen-bond acceptors (Lipinski definition) is 19. The highest BCUT2D eigenvalue weighted by molar-refractivity contribution is 5.27. The second-order valence-electron chi connectivity index (χ2n) is 21.2. The molecule has 3 saturated carbocycles. The van der Waals surface area contributed by atoms with Crippen LogP contribution in [0.15, 0.2) is 11.6 Å². The quantitative estimate of drug-likeness (QED) is 0.113. The van der Waals surface area contributed by atoms with E-state index in [0.29, 0.717) is 43.6 Å². The lowest BCUT2D eigenvalue weighted by Crippen LogP contribution is -2.67. The second kappa shape index (κ2) is 18.1. The first-order chi connectivity index (χ1) is 30.4. The maximum atomic E-state index is 12.2. The fourth-order valence-corrected chi connectivity index (χ4v) is 14.0. The Morgan fingerprint density at radius 2 is 1.27 bits per heavy atom.